The molecule has 0 radical (unpaired) electrons. The van der Waals surface area contributed by atoms with Crippen LogP contribution in [0, 0.1) is 0 Å². The highest BCUT2D eigenvalue weighted by molar-refractivity contribution is 6.06. The first-order chi connectivity index (χ1) is 30.8. The lowest BCUT2D eigenvalue weighted by molar-refractivity contribution is 0.794. The van der Waals surface area contributed by atoms with Crippen molar-refractivity contribution in [3.05, 3.63) is 235 Å². The number of imidazole rings is 1. The number of aromatic nitrogens is 5. The highest BCUT2D eigenvalue weighted by atomic mass is 15.0. The second-order valence-electron chi connectivity index (χ2n) is 16.1. The molecule has 13 rings (SSSR count). The van der Waals surface area contributed by atoms with Crippen LogP contribution < -0.4 is 0 Å². The minimum atomic E-state index is -0.476. The lowest BCUT2D eigenvalue weighted by atomic mass is 9.70. The van der Waals surface area contributed by atoms with E-state index in [4.69, 9.17) is 19.9 Å². The zero-order valence-corrected chi connectivity index (χ0v) is 33.4. The molecule has 0 bridgehead atoms. The van der Waals surface area contributed by atoms with Gasteiger partial charge in [-0.3, -0.25) is 4.40 Å². The van der Waals surface area contributed by atoms with Crippen molar-refractivity contribution in [3.63, 3.8) is 0 Å². The normalized spacial score (nSPS) is 13.0. The Labute approximate surface area is 358 Å². The van der Waals surface area contributed by atoms with Crippen molar-refractivity contribution >= 4 is 16.4 Å². The molecule has 0 atom stereocenters. The molecule has 0 aliphatic heterocycles. The van der Waals surface area contributed by atoms with Crippen molar-refractivity contribution in [3.8, 4) is 78.9 Å². The third-order valence-electron chi connectivity index (χ3n) is 12.9. The Bertz CT molecular complexity index is 3530. The molecule has 5 nitrogen and oxygen atoms in total. The van der Waals surface area contributed by atoms with Crippen LogP contribution in [0.3, 0.4) is 0 Å². The first-order valence-corrected chi connectivity index (χ1v) is 21.1. The maximum Gasteiger partial charge on any atom is 0.164 e. The Hall–Kier alpha value is -8.28. The van der Waals surface area contributed by atoms with Crippen LogP contribution in [-0.4, -0.2) is 24.3 Å². The van der Waals surface area contributed by atoms with Gasteiger partial charge in [0.25, 0.3) is 0 Å². The van der Waals surface area contributed by atoms with Gasteiger partial charge in [0.05, 0.1) is 16.8 Å². The summed E-state index contributed by atoms with van der Waals surface area (Å²) in [5.74, 6) is 1.87. The van der Waals surface area contributed by atoms with E-state index >= 15 is 0 Å². The van der Waals surface area contributed by atoms with Crippen LogP contribution in [0.5, 0.6) is 0 Å². The van der Waals surface area contributed by atoms with Gasteiger partial charge >= 0.3 is 0 Å². The van der Waals surface area contributed by atoms with E-state index in [-0.39, 0.29) is 0 Å². The van der Waals surface area contributed by atoms with E-state index in [1.165, 1.54) is 44.5 Å². The fraction of sp³-hybridized carbons (Fsp3) is 0.0175. The van der Waals surface area contributed by atoms with Crippen molar-refractivity contribution < 1.29 is 0 Å². The summed E-state index contributed by atoms with van der Waals surface area (Å²) < 4.78 is 2.18. The molecule has 3 heterocycles. The Balaban J connectivity index is 1.03. The summed E-state index contributed by atoms with van der Waals surface area (Å²) in [6, 6.07) is 73.3. The molecule has 2 aliphatic carbocycles. The Morgan fingerprint density at radius 2 is 0.806 bits per heavy atom. The van der Waals surface area contributed by atoms with Gasteiger partial charge in [0.2, 0.25) is 0 Å². The Kier molecular flexibility index (Phi) is 7.45. The van der Waals surface area contributed by atoms with Crippen LogP contribution in [0.25, 0.3) is 95.4 Å². The predicted molar refractivity (Wildman–Crippen MR) is 250 cm³/mol. The summed E-state index contributed by atoms with van der Waals surface area (Å²) >= 11 is 0. The monoisotopic (exact) mass is 789 g/mol. The van der Waals surface area contributed by atoms with Gasteiger partial charge in [0.1, 0.15) is 5.65 Å². The lowest BCUT2D eigenvalue weighted by Gasteiger charge is -2.30. The molecular formula is C57H35N5. The quantitative estimate of drug-likeness (QED) is 0.174. The van der Waals surface area contributed by atoms with Gasteiger partial charge in [-0.2, -0.15) is 0 Å². The molecular weight excluding hydrogens is 755 g/mol. The number of pyridine rings is 1. The predicted octanol–water partition coefficient (Wildman–Crippen LogP) is 13.4. The molecule has 11 aromatic rings. The van der Waals surface area contributed by atoms with Crippen LogP contribution in [0.1, 0.15) is 22.3 Å². The zero-order chi connectivity index (χ0) is 40.8. The fourth-order valence-corrected chi connectivity index (χ4v) is 10.3. The number of fused-ring (bicyclic) bond motifs is 12. The fourth-order valence-electron chi connectivity index (χ4n) is 10.3. The summed E-state index contributed by atoms with van der Waals surface area (Å²) in [6.45, 7) is 0. The summed E-state index contributed by atoms with van der Waals surface area (Å²) in [7, 11) is 0. The van der Waals surface area contributed by atoms with Crippen LogP contribution in [0.4, 0.5) is 0 Å². The van der Waals surface area contributed by atoms with Crippen molar-refractivity contribution in [1.29, 1.82) is 0 Å². The van der Waals surface area contributed by atoms with Gasteiger partial charge in [-0.05, 0) is 79.5 Å². The molecule has 62 heavy (non-hydrogen) atoms. The first-order valence-electron chi connectivity index (χ1n) is 21.1. The summed E-state index contributed by atoms with van der Waals surface area (Å²) in [5, 5.41) is 2.12. The molecule has 288 valence electrons. The Morgan fingerprint density at radius 3 is 1.47 bits per heavy atom. The molecule has 0 N–H and O–H groups in total. The topological polar surface area (TPSA) is 56.0 Å². The third kappa shape index (κ3) is 4.90. The SMILES string of the molecule is c1ccc(-c2nc(-c3ccc4c(c3)C3(c5ccccc5-c5ccccc53)c3ccccc3-4)nc(-c3ccc(-c4nc5ccccn5c4-c4ccccc4)c4ccccc34)n2)cc1. The summed E-state index contributed by atoms with van der Waals surface area (Å²) in [6.07, 6.45) is 2.09. The van der Waals surface area contributed by atoms with Gasteiger partial charge in [-0.15, -0.1) is 0 Å². The standard InChI is InChI=1S/C57H35N5/c1-3-17-36(18-4-1)53-52(58-51-29-15-16-34-62(51)53)45-32-33-46(40-22-8-7-21-39(40)45)56-60-54(37-19-5-2-6-20-37)59-55(61-56)38-30-31-44-43-25-11-14-28-49(43)57(50(44)35-38)47-26-12-9-23-41(47)42-24-10-13-27-48(42)57/h1-35H. The smallest absolute Gasteiger partial charge is 0.164 e. The Morgan fingerprint density at radius 1 is 0.323 bits per heavy atom. The molecule has 1 spiro atoms. The molecule has 0 fully saturated rings. The average molecular weight is 790 g/mol. The van der Waals surface area contributed by atoms with Crippen molar-refractivity contribution in [2.45, 2.75) is 5.41 Å². The second-order valence-corrected chi connectivity index (χ2v) is 16.1. The van der Waals surface area contributed by atoms with E-state index in [0.29, 0.717) is 17.5 Å². The summed E-state index contributed by atoms with van der Waals surface area (Å²) in [5.41, 5.74) is 17.6. The van der Waals surface area contributed by atoms with Gasteiger partial charge in [-0.1, -0.05) is 182 Å². The van der Waals surface area contributed by atoms with E-state index in [1.807, 2.05) is 24.3 Å². The minimum Gasteiger partial charge on any atom is -0.299 e. The summed E-state index contributed by atoms with van der Waals surface area (Å²) in [4.78, 5) is 21.1. The van der Waals surface area contributed by atoms with E-state index in [2.05, 4.69) is 193 Å². The molecule has 0 saturated carbocycles. The molecule has 0 amide bonds. The van der Waals surface area contributed by atoms with Crippen LogP contribution in [-0.2, 0) is 5.41 Å². The number of rotatable bonds is 5. The molecule has 0 unspecified atom stereocenters. The molecule has 8 aromatic carbocycles. The van der Waals surface area contributed by atoms with E-state index < -0.39 is 5.41 Å². The highest BCUT2D eigenvalue weighted by Crippen LogP contribution is 2.63. The van der Waals surface area contributed by atoms with Crippen molar-refractivity contribution in [1.82, 2.24) is 24.3 Å². The number of nitrogens with zero attached hydrogens (tertiary/aromatic N) is 5. The number of hydrogen-bond donors (Lipinski definition) is 0. The molecule has 2 aliphatic rings. The molecule has 5 heteroatoms. The van der Waals surface area contributed by atoms with Crippen LogP contribution in [0.15, 0.2) is 212 Å². The maximum absolute atomic E-state index is 5.39. The molecule has 3 aromatic heterocycles. The van der Waals surface area contributed by atoms with Crippen LogP contribution >= 0.6 is 0 Å². The average Bonchev–Trinajstić information content (AvgIpc) is 3.98. The third-order valence-corrected chi connectivity index (χ3v) is 12.9. The van der Waals surface area contributed by atoms with Gasteiger partial charge in [0.15, 0.2) is 17.5 Å². The lowest BCUT2D eigenvalue weighted by Crippen LogP contribution is -2.25. The first kappa shape index (κ1) is 34.6. The van der Waals surface area contributed by atoms with Gasteiger partial charge < -0.3 is 0 Å². The van der Waals surface area contributed by atoms with Gasteiger partial charge in [-0.25, -0.2) is 19.9 Å². The largest absolute Gasteiger partial charge is 0.299 e. The highest BCUT2D eigenvalue weighted by Gasteiger charge is 2.51. The zero-order valence-electron chi connectivity index (χ0n) is 33.4. The second kappa shape index (κ2) is 13.4. The van der Waals surface area contributed by atoms with Crippen molar-refractivity contribution in [2.75, 3.05) is 0 Å². The van der Waals surface area contributed by atoms with Gasteiger partial charge in [0, 0.05) is 34.0 Å². The van der Waals surface area contributed by atoms with Crippen molar-refractivity contribution in [2.24, 2.45) is 0 Å². The molecule has 0 saturated heterocycles. The van der Waals surface area contributed by atoms with E-state index in [1.54, 1.807) is 0 Å². The number of benzene rings is 8. The van der Waals surface area contributed by atoms with E-state index in [0.717, 1.165) is 55.6 Å². The minimum absolute atomic E-state index is 0.476. The van der Waals surface area contributed by atoms with Crippen LogP contribution in [0.2, 0.25) is 0 Å². The maximum atomic E-state index is 5.39. The van der Waals surface area contributed by atoms with E-state index in [9.17, 15) is 0 Å². The number of hydrogen-bond acceptors (Lipinski definition) is 4.